The van der Waals surface area contributed by atoms with E-state index in [0.717, 1.165) is 17.6 Å². The molecule has 96 valence electrons. The van der Waals surface area contributed by atoms with Gasteiger partial charge in [0.25, 0.3) is 0 Å². The first-order chi connectivity index (χ1) is 8.69. The van der Waals surface area contributed by atoms with E-state index in [4.69, 9.17) is 10.5 Å². The Labute approximate surface area is 106 Å². The largest absolute Gasteiger partial charge is 0.464 e. The molecule has 0 amide bonds. The van der Waals surface area contributed by atoms with Crippen molar-refractivity contribution in [1.82, 2.24) is 4.57 Å². The molecular formula is C13H18N3O2+. The Morgan fingerprint density at radius 1 is 1.39 bits per heavy atom. The summed E-state index contributed by atoms with van der Waals surface area (Å²) in [5.41, 5.74) is 8.07. The highest BCUT2D eigenvalue weighted by Gasteiger charge is 2.21. The third-order valence-corrected chi connectivity index (χ3v) is 2.93. The zero-order chi connectivity index (χ0) is 13.1. The Kier molecular flexibility index (Phi) is 3.50. The molecule has 0 spiro atoms. The van der Waals surface area contributed by atoms with Crippen LogP contribution in [0.3, 0.4) is 0 Å². The van der Waals surface area contributed by atoms with Crippen molar-refractivity contribution < 1.29 is 14.1 Å². The molecular weight excluding hydrogens is 230 g/mol. The maximum atomic E-state index is 11.6. The molecule has 5 nitrogen and oxygen atoms in total. The summed E-state index contributed by atoms with van der Waals surface area (Å²) in [4.78, 5) is 11.6. The van der Waals surface area contributed by atoms with Crippen molar-refractivity contribution in [3.63, 3.8) is 0 Å². The van der Waals surface area contributed by atoms with Crippen LogP contribution in [0, 0.1) is 0 Å². The van der Waals surface area contributed by atoms with E-state index < -0.39 is 0 Å². The fraction of sp³-hybridized carbons (Fsp3) is 0.385. The van der Waals surface area contributed by atoms with Crippen LogP contribution in [0.2, 0.25) is 0 Å². The van der Waals surface area contributed by atoms with Crippen molar-refractivity contribution in [2.75, 3.05) is 12.3 Å². The molecule has 0 aliphatic heterocycles. The van der Waals surface area contributed by atoms with Gasteiger partial charge in [0, 0.05) is 0 Å². The molecule has 0 saturated carbocycles. The van der Waals surface area contributed by atoms with Crippen LogP contribution in [-0.4, -0.2) is 17.1 Å². The van der Waals surface area contributed by atoms with Crippen LogP contribution in [0.15, 0.2) is 24.3 Å². The normalized spacial score (nSPS) is 10.8. The van der Waals surface area contributed by atoms with Gasteiger partial charge in [0.1, 0.15) is 11.0 Å². The summed E-state index contributed by atoms with van der Waals surface area (Å²) >= 11 is 0. The number of anilines is 1. The fourth-order valence-corrected chi connectivity index (χ4v) is 2.15. The summed E-state index contributed by atoms with van der Waals surface area (Å²) in [6, 6.07) is 7.85. The molecule has 0 radical (unpaired) electrons. The zero-order valence-corrected chi connectivity index (χ0v) is 10.7. The first kappa shape index (κ1) is 12.4. The van der Waals surface area contributed by atoms with Gasteiger partial charge >= 0.3 is 11.9 Å². The van der Waals surface area contributed by atoms with Crippen LogP contribution in [0.4, 0.5) is 5.95 Å². The Morgan fingerprint density at radius 3 is 2.78 bits per heavy atom. The van der Waals surface area contributed by atoms with Crippen LogP contribution in [0.25, 0.3) is 11.0 Å². The first-order valence-corrected chi connectivity index (χ1v) is 6.11. The number of rotatable bonds is 4. The topological polar surface area (TPSA) is 61.1 Å². The van der Waals surface area contributed by atoms with Crippen LogP contribution >= 0.6 is 0 Å². The summed E-state index contributed by atoms with van der Waals surface area (Å²) in [5.74, 6) is 0.306. The van der Waals surface area contributed by atoms with E-state index in [1.165, 1.54) is 0 Å². The van der Waals surface area contributed by atoms with Crippen molar-refractivity contribution in [1.29, 1.82) is 0 Å². The van der Waals surface area contributed by atoms with Gasteiger partial charge in [0.05, 0.1) is 13.2 Å². The second-order valence-corrected chi connectivity index (χ2v) is 3.98. The fourth-order valence-electron chi connectivity index (χ4n) is 2.15. The van der Waals surface area contributed by atoms with Crippen molar-refractivity contribution in [3.05, 3.63) is 24.3 Å². The molecule has 0 aliphatic rings. The summed E-state index contributed by atoms with van der Waals surface area (Å²) in [5, 5.41) is 0. The molecule has 0 fully saturated rings. The number of ether oxygens (including phenoxy) is 1. The van der Waals surface area contributed by atoms with Gasteiger partial charge in [-0.2, -0.15) is 0 Å². The highest BCUT2D eigenvalue weighted by Crippen LogP contribution is 2.15. The summed E-state index contributed by atoms with van der Waals surface area (Å²) in [6.45, 7) is 5.11. The first-order valence-electron chi connectivity index (χ1n) is 6.11. The van der Waals surface area contributed by atoms with Crippen molar-refractivity contribution in [3.8, 4) is 0 Å². The second kappa shape index (κ2) is 5.08. The lowest BCUT2D eigenvalue weighted by Crippen LogP contribution is -2.41. The Morgan fingerprint density at radius 2 is 2.11 bits per heavy atom. The van der Waals surface area contributed by atoms with Gasteiger partial charge in [-0.15, -0.1) is 0 Å². The molecule has 2 N–H and O–H groups in total. The number of nitrogens with two attached hydrogens (primary N) is 1. The van der Waals surface area contributed by atoms with Gasteiger partial charge in [-0.05, 0) is 26.0 Å². The number of benzene rings is 1. The van der Waals surface area contributed by atoms with Crippen molar-refractivity contribution >= 4 is 23.0 Å². The molecule has 1 aromatic carbocycles. The summed E-state index contributed by atoms with van der Waals surface area (Å²) in [7, 11) is 0. The third kappa shape index (κ3) is 2.03. The van der Waals surface area contributed by atoms with Gasteiger partial charge in [-0.25, -0.2) is 13.9 Å². The van der Waals surface area contributed by atoms with E-state index in [1.54, 1.807) is 11.5 Å². The lowest BCUT2D eigenvalue weighted by molar-refractivity contribution is -0.646. The Balaban J connectivity index is 2.49. The van der Waals surface area contributed by atoms with E-state index in [0.29, 0.717) is 12.6 Å². The number of nitrogens with zero attached hydrogens (tertiary/aromatic N) is 2. The Bertz CT molecular complexity index is 575. The highest BCUT2D eigenvalue weighted by atomic mass is 16.5. The number of fused-ring (bicyclic) bond motifs is 1. The standard InChI is InChI=1S/C13H17N3O2/c1-3-15-10-7-5-6-8-11(10)16(13(15)14)9-12(17)18-4-2/h5-8,14H,3-4,9H2,1-2H3/p+1. The van der Waals surface area contributed by atoms with Crippen LogP contribution < -0.4 is 10.3 Å². The predicted molar refractivity (Wildman–Crippen MR) is 68.9 cm³/mol. The molecule has 5 heteroatoms. The number of imidazole rings is 1. The Hall–Kier alpha value is -2.04. The van der Waals surface area contributed by atoms with E-state index in [1.807, 2.05) is 35.8 Å². The summed E-state index contributed by atoms with van der Waals surface area (Å²) in [6.07, 6.45) is 0. The molecule has 1 aromatic heterocycles. The van der Waals surface area contributed by atoms with Gasteiger partial charge < -0.3 is 4.74 Å². The number of nitrogen functional groups attached to an aromatic ring is 1. The van der Waals surface area contributed by atoms with E-state index in [2.05, 4.69) is 0 Å². The SMILES string of the molecule is CCOC(=O)C[n+]1c(N)n(CC)c2ccccc21. The van der Waals surface area contributed by atoms with E-state index in [9.17, 15) is 4.79 Å². The molecule has 0 aliphatic carbocycles. The molecule has 2 rings (SSSR count). The van der Waals surface area contributed by atoms with Crippen LogP contribution in [0.5, 0.6) is 0 Å². The number of esters is 1. The molecule has 0 bridgehead atoms. The van der Waals surface area contributed by atoms with E-state index >= 15 is 0 Å². The van der Waals surface area contributed by atoms with Crippen LogP contribution in [0.1, 0.15) is 13.8 Å². The lowest BCUT2D eigenvalue weighted by atomic mass is 10.3. The number of hydrogen-bond acceptors (Lipinski definition) is 3. The smallest absolute Gasteiger partial charge is 0.356 e. The zero-order valence-electron chi connectivity index (χ0n) is 10.7. The molecule has 18 heavy (non-hydrogen) atoms. The lowest BCUT2D eigenvalue weighted by Gasteiger charge is -2.01. The minimum absolute atomic E-state index is 0.146. The minimum atomic E-state index is -0.270. The predicted octanol–water partition coefficient (Wildman–Crippen LogP) is 1.09. The molecule has 1 heterocycles. The quantitative estimate of drug-likeness (QED) is 0.651. The minimum Gasteiger partial charge on any atom is -0.464 e. The van der Waals surface area contributed by atoms with Crippen molar-refractivity contribution in [2.45, 2.75) is 26.9 Å². The van der Waals surface area contributed by atoms with Gasteiger partial charge in [-0.3, -0.25) is 5.73 Å². The van der Waals surface area contributed by atoms with E-state index in [-0.39, 0.29) is 12.5 Å². The molecule has 0 saturated heterocycles. The molecule has 2 aromatic rings. The number of para-hydroxylation sites is 2. The van der Waals surface area contributed by atoms with Gasteiger partial charge in [0.2, 0.25) is 0 Å². The number of carbonyl (C=O) groups excluding carboxylic acids is 1. The second-order valence-electron chi connectivity index (χ2n) is 3.98. The third-order valence-electron chi connectivity index (χ3n) is 2.93. The average molecular weight is 248 g/mol. The van der Waals surface area contributed by atoms with Crippen LogP contribution in [-0.2, 0) is 22.6 Å². The number of carbonyl (C=O) groups is 1. The number of hydrogen-bond donors (Lipinski definition) is 1. The maximum absolute atomic E-state index is 11.6. The number of aryl methyl sites for hydroxylation is 1. The average Bonchev–Trinajstić information content (AvgIpc) is 2.63. The van der Waals surface area contributed by atoms with Gasteiger partial charge in [0.15, 0.2) is 6.54 Å². The monoisotopic (exact) mass is 248 g/mol. The number of aromatic nitrogens is 2. The van der Waals surface area contributed by atoms with Crippen molar-refractivity contribution in [2.24, 2.45) is 0 Å². The highest BCUT2D eigenvalue weighted by molar-refractivity contribution is 5.75. The summed E-state index contributed by atoms with van der Waals surface area (Å²) < 4.78 is 8.74. The molecule has 0 unspecified atom stereocenters. The molecule has 0 atom stereocenters. The maximum Gasteiger partial charge on any atom is 0.356 e. The van der Waals surface area contributed by atoms with Gasteiger partial charge in [-0.1, -0.05) is 12.1 Å².